The number of carbonyl (C=O) groups is 1. The molecule has 3 rings (SSSR count). The summed E-state index contributed by atoms with van der Waals surface area (Å²) in [7, 11) is 0. The van der Waals surface area contributed by atoms with Gasteiger partial charge >= 0.3 is 5.97 Å². The normalized spacial score (nSPS) is 10.6. The van der Waals surface area contributed by atoms with Crippen LogP contribution >= 0.6 is 39.1 Å². The predicted octanol–water partition coefficient (Wildman–Crippen LogP) is 7.04. The fourth-order valence-electron chi connectivity index (χ4n) is 2.87. The molecule has 8 heteroatoms. The molecule has 0 aliphatic rings. The molecule has 0 radical (unpaired) electrons. The molecule has 0 heterocycles. The van der Waals surface area contributed by atoms with Crippen molar-refractivity contribution in [2.45, 2.75) is 20.1 Å². The van der Waals surface area contributed by atoms with Gasteiger partial charge in [0.2, 0.25) is 0 Å². The number of carboxylic acid groups (broad SMARTS) is 1. The molecule has 31 heavy (non-hydrogen) atoms. The van der Waals surface area contributed by atoms with Crippen LogP contribution in [0.4, 0.5) is 5.69 Å². The second-order valence-electron chi connectivity index (χ2n) is 6.61. The number of halogens is 3. The van der Waals surface area contributed by atoms with Crippen molar-refractivity contribution in [2.75, 3.05) is 11.9 Å². The van der Waals surface area contributed by atoms with Gasteiger partial charge in [-0.3, -0.25) is 0 Å². The number of hydrogen-bond acceptors (Lipinski definition) is 4. The van der Waals surface area contributed by atoms with Gasteiger partial charge in [-0.2, -0.15) is 0 Å². The van der Waals surface area contributed by atoms with Gasteiger partial charge in [-0.15, -0.1) is 0 Å². The Morgan fingerprint density at radius 3 is 2.42 bits per heavy atom. The highest BCUT2D eigenvalue weighted by Crippen LogP contribution is 2.38. The molecule has 0 aliphatic carbocycles. The van der Waals surface area contributed by atoms with E-state index in [0.717, 1.165) is 15.6 Å². The van der Waals surface area contributed by atoms with Crippen LogP contribution in [0, 0.1) is 0 Å². The summed E-state index contributed by atoms with van der Waals surface area (Å²) >= 11 is 15.6. The van der Waals surface area contributed by atoms with E-state index in [-0.39, 0.29) is 10.6 Å². The van der Waals surface area contributed by atoms with Crippen molar-refractivity contribution in [3.05, 3.63) is 85.8 Å². The Morgan fingerprint density at radius 2 is 1.77 bits per heavy atom. The number of nitrogens with one attached hydrogen (secondary N) is 1. The van der Waals surface area contributed by atoms with Gasteiger partial charge in [0.25, 0.3) is 0 Å². The number of benzene rings is 3. The molecule has 162 valence electrons. The number of hydrogen-bond donors (Lipinski definition) is 2. The second-order valence-corrected chi connectivity index (χ2v) is 8.30. The van der Waals surface area contributed by atoms with Crippen LogP contribution in [0.3, 0.4) is 0 Å². The maximum atomic E-state index is 11.1. The molecule has 0 saturated carbocycles. The summed E-state index contributed by atoms with van der Waals surface area (Å²) < 4.78 is 12.6. The zero-order chi connectivity index (χ0) is 22.4. The molecule has 0 unspecified atom stereocenters. The molecule has 0 amide bonds. The lowest BCUT2D eigenvalue weighted by Crippen LogP contribution is -2.04. The van der Waals surface area contributed by atoms with E-state index in [2.05, 4.69) is 21.2 Å². The number of rotatable bonds is 9. The molecule has 0 aliphatic heterocycles. The third-order valence-electron chi connectivity index (χ3n) is 4.36. The highest BCUT2D eigenvalue weighted by atomic mass is 79.9. The van der Waals surface area contributed by atoms with Crippen molar-refractivity contribution in [1.82, 2.24) is 0 Å². The van der Waals surface area contributed by atoms with Gasteiger partial charge in [-0.05, 0) is 76.4 Å². The van der Waals surface area contributed by atoms with E-state index in [9.17, 15) is 4.79 Å². The SMILES string of the molecule is CCOc1cc(CNc2ccc(C(=O)O)c(Cl)c2)cc(Br)c1OCc1ccc(Cl)cc1. The molecule has 0 fully saturated rings. The predicted molar refractivity (Wildman–Crippen MR) is 127 cm³/mol. The largest absolute Gasteiger partial charge is 0.490 e. The molecule has 0 saturated heterocycles. The van der Waals surface area contributed by atoms with E-state index in [4.69, 9.17) is 37.8 Å². The van der Waals surface area contributed by atoms with Gasteiger partial charge in [0.15, 0.2) is 11.5 Å². The monoisotopic (exact) mass is 523 g/mol. The van der Waals surface area contributed by atoms with E-state index in [1.54, 1.807) is 12.1 Å². The standard InChI is InChI=1S/C23H20BrCl2NO4/c1-2-30-21-10-15(12-27-17-7-8-18(23(28)29)20(26)11-17)9-19(24)22(21)31-13-14-3-5-16(25)6-4-14/h3-11,27H,2,12-13H2,1H3,(H,28,29). The number of carboxylic acids is 1. The summed E-state index contributed by atoms with van der Waals surface area (Å²) in [5.41, 5.74) is 2.72. The van der Waals surface area contributed by atoms with Crippen LogP contribution in [0.2, 0.25) is 10.0 Å². The molecule has 2 N–H and O–H groups in total. The third kappa shape index (κ3) is 6.29. The van der Waals surface area contributed by atoms with E-state index in [1.807, 2.05) is 43.3 Å². The minimum atomic E-state index is -1.06. The zero-order valence-electron chi connectivity index (χ0n) is 16.6. The smallest absolute Gasteiger partial charge is 0.337 e. The summed E-state index contributed by atoms with van der Waals surface area (Å²) in [5.74, 6) is 0.187. The van der Waals surface area contributed by atoms with Crippen LogP contribution in [0.5, 0.6) is 11.5 Å². The molecular formula is C23H20BrCl2NO4. The maximum absolute atomic E-state index is 11.1. The van der Waals surface area contributed by atoms with Gasteiger partial charge in [0, 0.05) is 17.3 Å². The molecule has 3 aromatic rings. The molecule has 0 atom stereocenters. The van der Waals surface area contributed by atoms with Gasteiger partial charge in [0.05, 0.1) is 21.7 Å². The van der Waals surface area contributed by atoms with Gasteiger partial charge in [-0.1, -0.05) is 35.3 Å². The summed E-state index contributed by atoms with van der Waals surface area (Å²) in [6.07, 6.45) is 0. The summed E-state index contributed by atoms with van der Waals surface area (Å²) in [4.78, 5) is 11.1. The summed E-state index contributed by atoms with van der Waals surface area (Å²) in [6.45, 7) is 3.27. The van der Waals surface area contributed by atoms with Crippen molar-refractivity contribution >= 4 is 50.8 Å². The lowest BCUT2D eigenvalue weighted by Gasteiger charge is -2.16. The molecule has 5 nitrogen and oxygen atoms in total. The van der Waals surface area contributed by atoms with Crippen LogP contribution in [0.15, 0.2) is 59.1 Å². The van der Waals surface area contributed by atoms with Crippen molar-refractivity contribution in [1.29, 1.82) is 0 Å². The Bertz CT molecular complexity index is 1070. The first kappa shape index (κ1) is 23.3. The van der Waals surface area contributed by atoms with E-state index >= 15 is 0 Å². The second kappa shape index (κ2) is 10.8. The number of aromatic carboxylic acids is 1. The average Bonchev–Trinajstić information content (AvgIpc) is 2.73. The van der Waals surface area contributed by atoms with Crippen molar-refractivity contribution in [3.8, 4) is 11.5 Å². The van der Waals surface area contributed by atoms with Crippen LogP contribution < -0.4 is 14.8 Å². The average molecular weight is 525 g/mol. The summed E-state index contributed by atoms with van der Waals surface area (Å²) in [6, 6.07) is 16.1. The van der Waals surface area contributed by atoms with Gasteiger partial charge < -0.3 is 19.9 Å². The Labute approximate surface area is 199 Å². The Morgan fingerprint density at radius 1 is 1.03 bits per heavy atom. The van der Waals surface area contributed by atoms with Crippen molar-refractivity contribution in [2.24, 2.45) is 0 Å². The first-order valence-electron chi connectivity index (χ1n) is 9.46. The first-order chi connectivity index (χ1) is 14.9. The minimum Gasteiger partial charge on any atom is -0.490 e. The van der Waals surface area contributed by atoms with Gasteiger partial charge in [-0.25, -0.2) is 4.79 Å². The highest BCUT2D eigenvalue weighted by Gasteiger charge is 2.14. The lowest BCUT2D eigenvalue weighted by atomic mass is 10.1. The molecule has 0 bridgehead atoms. The van der Waals surface area contributed by atoms with E-state index in [1.165, 1.54) is 6.07 Å². The van der Waals surface area contributed by atoms with Crippen LogP contribution in [0.1, 0.15) is 28.4 Å². The Kier molecular flexibility index (Phi) is 8.07. The molecular weight excluding hydrogens is 505 g/mol. The molecule has 0 spiro atoms. The summed E-state index contributed by atoms with van der Waals surface area (Å²) in [5, 5.41) is 13.2. The first-order valence-corrected chi connectivity index (χ1v) is 11.0. The van der Waals surface area contributed by atoms with Gasteiger partial charge in [0.1, 0.15) is 6.61 Å². The van der Waals surface area contributed by atoms with E-state index < -0.39 is 5.97 Å². The molecule has 3 aromatic carbocycles. The lowest BCUT2D eigenvalue weighted by molar-refractivity contribution is 0.0697. The fourth-order valence-corrected chi connectivity index (χ4v) is 3.86. The fraction of sp³-hybridized carbons (Fsp3) is 0.174. The van der Waals surface area contributed by atoms with Crippen molar-refractivity contribution < 1.29 is 19.4 Å². The quantitative estimate of drug-likeness (QED) is 0.314. The topological polar surface area (TPSA) is 67.8 Å². The minimum absolute atomic E-state index is 0.0655. The van der Waals surface area contributed by atoms with Crippen molar-refractivity contribution in [3.63, 3.8) is 0 Å². The number of ether oxygens (including phenoxy) is 2. The highest BCUT2D eigenvalue weighted by molar-refractivity contribution is 9.10. The maximum Gasteiger partial charge on any atom is 0.337 e. The molecule has 0 aromatic heterocycles. The van der Waals surface area contributed by atoms with Crippen LogP contribution in [0.25, 0.3) is 0 Å². The third-order valence-corrected chi connectivity index (χ3v) is 5.52. The van der Waals surface area contributed by atoms with Crippen LogP contribution in [-0.2, 0) is 13.2 Å². The van der Waals surface area contributed by atoms with E-state index in [0.29, 0.717) is 42.0 Å². The Balaban J connectivity index is 1.73. The Hall–Kier alpha value is -2.41. The number of anilines is 1. The zero-order valence-corrected chi connectivity index (χ0v) is 19.7. The van der Waals surface area contributed by atoms with Crippen LogP contribution in [-0.4, -0.2) is 17.7 Å².